The molecule has 1 saturated carbocycles. The van der Waals surface area contributed by atoms with E-state index in [0.29, 0.717) is 0 Å². The van der Waals surface area contributed by atoms with E-state index in [4.69, 9.17) is 4.74 Å². The molecule has 1 N–H and O–H groups in total. The van der Waals surface area contributed by atoms with Crippen molar-refractivity contribution < 1.29 is 4.74 Å². The van der Waals surface area contributed by atoms with Crippen LogP contribution < -0.4 is 5.32 Å². The average molecular weight is 239 g/mol. The van der Waals surface area contributed by atoms with Gasteiger partial charge in [-0.2, -0.15) is 0 Å². The molecule has 16 heavy (non-hydrogen) atoms. The molecule has 1 aliphatic carbocycles. The molecule has 1 aliphatic rings. The van der Waals surface area contributed by atoms with E-state index in [0.717, 1.165) is 38.6 Å². The molecule has 2 nitrogen and oxygen atoms in total. The van der Waals surface area contributed by atoms with Crippen molar-refractivity contribution in [3.63, 3.8) is 0 Å². The monoisotopic (exact) mass is 239 g/mol. The maximum atomic E-state index is 5.58. The van der Waals surface area contributed by atoms with Crippen LogP contribution in [0.5, 0.6) is 0 Å². The van der Waals surface area contributed by atoms with Crippen LogP contribution in [0.2, 0.25) is 0 Å². The summed E-state index contributed by atoms with van der Waals surface area (Å²) in [4.78, 5) is 2.82. The highest BCUT2D eigenvalue weighted by Crippen LogP contribution is 2.28. The van der Waals surface area contributed by atoms with Crippen molar-refractivity contribution in [3.8, 4) is 0 Å². The van der Waals surface area contributed by atoms with Gasteiger partial charge in [0.25, 0.3) is 0 Å². The molecular weight excluding hydrogens is 218 g/mol. The van der Waals surface area contributed by atoms with Gasteiger partial charge in [0.05, 0.1) is 0 Å². The van der Waals surface area contributed by atoms with Gasteiger partial charge in [-0.05, 0) is 50.8 Å². The molecule has 3 heteroatoms. The maximum absolute atomic E-state index is 5.58. The standard InChI is InChI=1S/C13H21NOS/c1-11-3-6-13(16-11)9-14-7-2-8-15-10-12-4-5-12/h3,6,12,14H,2,4-5,7-10H2,1H3. The van der Waals surface area contributed by atoms with Gasteiger partial charge >= 0.3 is 0 Å². The minimum atomic E-state index is 0.891. The number of thiophene rings is 1. The lowest BCUT2D eigenvalue weighted by molar-refractivity contribution is 0.122. The van der Waals surface area contributed by atoms with Crippen LogP contribution in [-0.4, -0.2) is 19.8 Å². The highest BCUT2D eigenvalue weighted by atomic mass is 32.1. The van der Waals surface area contributed by atoms with Crippen LogP contribution >= 0.6 is 11.3 Å². The highest BCUT2D eigenvalue weighted by Gasteiger charge is 2.20. The Labute approximate surface area is 102 Å². The topological polar surface area (TPSA) is 21.3 Å². The zero-order valence-corrected chi connectivity index (χ0v) is 10.8. The minimum absolute atomic E-state index is 0.891. The van der Waals surface area contributed by atoms with Crippen molar-refractivity contribution in [3.05, 3.63) is 21.9 Å². The lowest BCUT2D eigenvalue weighted by Crippen LogP contribution is -2.15. The minimum Gasteiger partial charge on any atom is -0.381 e. The van der Waals surface area contributed by atoms with Crippen LogP contribution in [0.15, 0.2) is 12.1 Å². The zero-order valence-electron chi connectivity index (χ0n) is 10.00. The zero-order chi connectivity index (χ0) is 11.2. The lowest BCUT2D eigenvalue weighted by atomic mass is 10.4. The Bertz CT molecular complexity index is 307. The molecule has 0 radical (unpaired) electrons. The van der Waals surface area contributed by atoms with E-state index in [1.54, 1.807) is 0 Å². The van der Waals surface area contributed by atoms with Crippen molar-refractivity contribution in [2.24, 2.45) is 5.92 Å². The predicted molar refractivity (Wildman–Crippen MR) is 68.9 cm³/mol. The van der Waals surface area contributed by atoms with E-state index >= 15 is 0 Å². The smallest absolute Gasteiger partial charge is 0.0494 e. The summed E-state index contributed by atoms with van der Waals surface area (Å²) in [5.74, 6) is 0.891. The fourth-order valence-corrected chi connectivity index (χ4v) is 2.49. The van der Waals surface area contributed by atoms with Crippen molar-refractivity contribution in [2.45, 2.75) is 32.7 Å². The molecule has 0 aliphatic heterocycles. The van der Waals surface area contributed by atoms with Gasteiger partial charge in [-0.1, -0.05) is 0 Å². The van der Waals surface area contributed by atoms with E-state index in [-0.39, 0.29) is 0 Å². The molecule has 1 fully saturated rings. The van der Waals surface area contributed by atoms with Crippen LogP contribution in [0.1, 0.15) is 29.0 Å². The second kappa shape index (κ2) is 6.38. The van der Waals surface area contributed by atoms with Crippen LogP contribution in [0.25, 0.3) is 0 Å². The Morgan fingerprint density at radius 3 is 3.00 bits per heavy atom. The molecule has 0 aromatic carbocycles. The van der Waals surface area contributed by atoms with Crippen LogP contribution in [0.3, 0.4) is 0 Å². The summed E-state index contributed by atoms with van der Waals surface area (Å²) < 4.78 is 5.58. The van der Waals surface area contributed by atoms with Crippen molar-refractivity contribution in [2.75, 3.05) is 19.8 Å². The van der Waals surface area contributed by atoms with Crippen LogP contribution in [-0.2, 0) is 11.3 Å². The third-order valence-corrected chi connectivity index (χ3v) is 3.79. The third-order valence-electron chi connectivity index (χ3n) is 2.79. The summed E-state index contributed by atoms with van der Waals surface area (Å²) in [6.07, 6.45) is 3.89. The van der Waals surface area contributed by atoms with E-state index in [2.05, 4.69) is 24.4 Å². The van der Waals surface area contributed by atoms with Gasteiger partial charge in [-0.15, -0.1) is 11.3 Å². The van der Waals surface area contributed by atoms with Gasteiger partial charge in [0, 0.05) is 29.5 Å². The first-order valence-electron chi connectivity index (χ1n) is 6.18. The summed E-state index contributed by atoms with van der Waals surface area (Å²) in [6, 6.07) is 4.39. The molecule has 0 spiro atoms. The Morgan fingerprint density at radius 2 is 2.31 bits per heavy atom. The molecule has 1 aromatic rings. The largest absolute Gasteiger partial charge is 0.381 e. The second-order valence-electron chi connectivity index (χ2n) is 4.56. The summed E-state index contributed by atoms with van der Waals surface area (Å²) in [5.41, 5.74) is 0. The number of hydrogen-bond acceptors (Lipinski definition) is 3. The fraction of sp³-hybridized carbons (Fsp3) is 0.692. The molecule has 1 aromatic heterocycles. The first kappa shape index (κ1) is 12.1. The fourth-order valence-electron chi connectivity index (χ4n) is 1.63. The Morgan fingerprint density at radius 1 is 1.44 bits per heavy atom. The summed E-state index contributed by atoms with van der Waals surface area (Å²) in [6.45, 7) is 6.11. The van der Waals surface area contributed by atoms with E-state index in [1.807, 2.05) is 11.3 Å². The summed E-state index contributed by atoms with van der Waals surface area (Å²) in [5, 5.41) is 3.45. The van der Waals surface area contributed by atoms with E-state index in [1.165, 1.54) is 22.6 Å². The molecular formula is C13H21NOS. The van der Waals surface area contributed by atoms with Gasteiger partial charge < -0.3 is 10.1 Å². The lowest BCUT2D eigenvalue weighted by Gasteiger charge is -2.04. The molecule has 0 unspecified atom stereocenters. The van der Waals surface area contributed by atoms with Gasteiger partial charge in [0.15, 0.2) is 0 Å². The van der Waals surface area contributed by atoms with Crippen molar-refractivity contribution in [1.29, 1.82) is 0 Å². The predicted octanol–water partition coefficient (Wildman–Crippen LogP) is 2.96. The van der Waals surface area contributed by atoms with E-state index in [9.17, 15) is 0 Å². The number of ether oxygens (including phenoxy) is 1. The van der Waals surface area contributed by atoms with Gasteiger partial charge in [-0.3, -0.25) is 0 Å². The normalized spacial score (nSPS) is 15.6. The van der Waals surface area contributed by atoms with E-state index < -0.39 is 0 Å². The van der Waals surface area contributed by atoms with Gasteiger partial charge in [-0.25, -0.2) is 0 Å². The van der Waals surface area contributed by atoms with Crippen LogP contribution in [0, 0.1) is 12.8 Å². The quantitative estimate of drug-likeness (QED) is 0.704. The van der Waals surface area contributed by atoms with Crippen molar-refractivity contribution >= 4 is 11.3 Å². The number of nitrogens with one attached hydrogen (secondary N) is 1. The first-order valence-corrected chi connectivity index (χ1v) is 7.00. The highest BCUT2D eigenvalue weighted by molar-refractivity contribution is 7.11. The number of aryl methyl sites for hydroxylation is 1. The van der Waals surface area contributed by atoms with Gasteiger partial charge in [0.1, 0.15) is 0 Å². The Kier molecular flexibility index (Phi) is 4.82. The molecule has 0 atom stereocenters. The third kappa shape index (κ3) is 4.64. The molecule has 90 valence electrons. The Hall–Kier alpha value is -0.380. The molecule has 0 bridgehead atoms. The molecule has 1 heterocycles. The SMILES string of the molecule is Cc1ccc(CNCCCOCC2CC2)s1. The molecule has 0 amide bonds. The second-order valence-corrected chi connectivity index (χ2v) is 5.93. The molecule has 0 saturated heterocycles. The Balaban J connectivity index is 1.42. The number of rotatable bonds is 8. The molecule has 2 rings (SSSR count). The summed E-state index contributed by atoms with van der Waals surface area (Å²) >= 11 is 1.87. The first-order chi connectivity index (χ1) is 7.84. The van der Waals surface area contributed by atoms with Crippen molar-refractivity contribution in [1.82, 2.24) is 5.32 Å². The van der Waals surface area contributed by atoms with Gasteiger partial charge in [0.2, 0.25) is 0 Å². The summed E-state index contributed by atoms with van der Waals surface area (Å²) in [7, 11) is 0. The average Bonchev–Trinajstić information content (AvgIpc) is 3.00. The number of hydrogen-bond donors (Lipinski definition) is 1. The maximum Gasteiger partial charge on any atom is 0.0494 e. The van der Waals surface area contributed by atoms with Crippen LogP contribution in [0.4, 0.5) is 0 Å².